The molecule has 0 N–H and O–H groups in total. The first kappa shape index (κ1) is 17.5. The minimum atomic E-state index is -0.489. The Morgan fingerprint density at radius 1 is 1.26 bits per heavy atom. The van der Waals surface area contributed by atoms with Crippen LogP contribution in [0.2, 0.25) is 0 Å². The number of nitro benzene ring substituents is 1. The summed E-state index contributed by atoms with van der Waals surface area (Å²) in [7, 11) is 0. The molecule has 23 heavy (non-hydrogen) atoms. The lowest BCUT2D eigenvalue weighted by Crippen LogP contribution is -2.11. The van der Waals surface area contributed by atoms with Crippen molar-refractivity contribution in [2.45, 2.75) is 13.3 Å². The molecule has 1 heterocycles. The van der Waals surface area contributed by atoms with Crippen LogP contribution in [0.3, 0.4) is 0 Å². The number of ketones is 2. The zero-order chi connectivity index (χ0) is 16.8. The smallest absolute Gasteiger partial charge is 0.270 e. The quantitative estimate of drug-likeness (QED) is 0.264. The summed E-state index contributed by atoms with van der Waals surface area (Å²) in [6, 6.07) is 5.99. The Morgan fingerprint density at radius 3 is 2.57 bits per heavy atom. The van der Waals surface area contributed by atoms with Gasteiger partial charge < -0.3 is 0 Å². The Morgan fingerprint density at radius 2 is 1.96 bits per heavy atom. The molecule has 0 radical (unpaired) electrons. The average Bonchev–Trinajstić information content (AvgIpc) is 2.54. The van der Waals surface area contributed by atoms with Gasteiger partial charge in [0.05, 0.1) is 14.7 Å². The van der Waals surface area contributed by atoms with Crippen molar-refractivity contribution >= 4 is 46.9 Å². The van der Waals surface area contributed by atoms with Gasteiger partial charge >= 0.3 is 0 Å². The van der Waals surface area contributed by atoms with E-state index in [4.69, 9.17) is 0 Å². The van der Waals surface area contributed by atoms with E-state index in [9.17, 15) is 19.7 Å². The predicted molar refractivity (Wildman–Crippen MR) is 94.4 cm³/mol. The van der Waals surface area contributed by atoms with Crippen molar-refractivity contribution in [3.05, 3.63) is 55.8 Å². The molecule has 1 saturated heterocycles. The number of benzene rings is 1. The number of allylic oxidation sites excluding steroid dienone is 2. The van der Waals surface area contributed by atoms with E-state index in [-0.39, 0.29) is 22.8 Å². The summed E-state index contributed by atoms with van der Waals surface area (Å²) in [6.07, 6.45) is 3.86. The number of hydrogen-bond donors (Lipinski definition) is 0. The van der Waals surface area contributed by atoms with Gasteiger partial charge in [-0.3, -0.25) is 19.7 Å². The molecule has 5 nitrogen and oxygen atoms in total. The zero-order valence-corrected chi connectivity index (χ0v) is 14.1. The fourth-order valence-corrected chi connectivity index (χ4v) is 4.73. The van der Waals surface area contributed by atoms with Crippen LogP contribution in [0.15, 0.2) is 40.2 Å². The highest BCUT2D eigenvalue weighted by atomic mass is 32.2. The Balaban J connectivity index is 2.23. The number of hydrogen-bond acceptors (Lipinski definition) is 6. The maximum atomic E-state index is 12.4. The minimum absolute atomic E-state index is 0.0388. The third-order valence-corrected chi connectivity index (χ3v) is 5.69. The molecular formula is C16H15NO4S2. The second-order valence-electron chi connectivity index (χ2n) is 4.82. The monoisotopic (exact) mass is 349 g/mol. The fraction of sp³-hybridized carbons (Fsp3) is 0.250. The molecule has 1 fully saturated rings. The molecule has 0 spiro atoms. The number of thioether (sulfide) groups is 2. The molecular weight excluding hydrogens is 334 g/mol. The highest BCUT2D eigenvalue weighted by Crippen LogP contribution is 2.37. The molecule has 0 atom stereocenters. The number of carbonyl (C=O) groups is 2. The van der Waals surface area contributed by atoms with Crippen LogP contribution in [0.25, 0.3) is 6.08 Å². The third kappa shape index (κ3) is 4.80. The van der Waals surface area contributed by atoms with Crippen LogP contribution in [-0.4, -0.2) is 28.0 Å². The first-order valence-electron chi connectivity index (χ1n) is 6.96. The molecule has 1 aromatic carbocycles. The molecule has 120 valence electrons. The molecule has 0 saturated carbocycles. The molecule has 0 aliphatic carbocycles. The second-order valence-corrected chi connectivity index (χ2v) is 7.29. The maximum Gasteiger partial charge on any atom is 0.270 e. The van der Waals surface area contributed by atoms with E-state index in [0.717, 1.165) is 22.2 Å². The van der Waals surface area contributed by atoms with Gasteiger partial charge in [0.1, 0.15) is 0 Å². The Labute approximate surface area is 142 Å². The summed E-state index contributed by atoms with van der Waals surface area (Å²) >= 11 is 3.07. The summed E-state index contributed by atoms with van der Waals surface area (Å²) in [5.74, 6) is 1.19. The number of Topliss-reactive ketones (excluding diaryl/α,β-unsaturated/α-hetero) is 1. The van der Waals surface area contributed by atoms with Gasteiger partial charge in [0.15, 0.2) is 11.6 Å². The summed E-state index contributed by atoms with van der Waals surface area (Å²) < 4.78 is 0.775. The van der Waals surface area contributed by atoms with Crippen LogP contribution in [0.1, 0.15) is 18.9 Å². The summed E-state index contributed by atoms with van der Waals surface area (Å²) in [5.41, 5.74) is 0.717. The van der Waals surface area contributed by atoms with Gasteiger partial charge in [-0.05, 0) is 36.5 Å². The van der Waals surface area contributed by atoms with Crippen molar-refractivity contribution in [1.29, 1.82) is 0 Å². The zero-order valence-electron chi connectivity index (χ0n) is 12.5. The molecule has 1 aliphatic heterocycles. The molecule has 0 amide bonds. The van der Waals surface area contributed by atoms with Crippen molar-refractivity contribution < 1.29 is 14.5 Å². The summed E-state index contributed by atoms with van der Waals surface area (Å²) in [4.78, 5) is 34.4. The highest BCUT2D eigenvalue weighted by molar-refractivity contribution is 8.22. The third-order valence-electron chi connectivity index (χ3n) is 3.07. The molecule has 1 aromatic rings. The van der Waals surface area contributed by atoms with E-state index in [1.807, 2.05) is 0 Å². The number of nitro groups is 1. The van der Waals surface area contributed by atoms with Crippen LogP contribution in [0.5, 0.6) is 0 Å². The van der Waals surface area contributed by atoms with Gasteiger partial charge in [-0.2, -0.15) is 0 Å². The first-order valence-corrected chi connectivity index (χ1v) is 8.94. The lowest BCUT2D eigenvalue weighted by Gasteiger charge is -2.15. The Bertz CT molecular complexity index is 702. The van der Waals surface area contributed by atoms with Gasteiger partial charge in [-0.15, -0.1) is 23.5 Å². The second kappa shape index (κ2) is 8.12. The maximum absolute atomic E-state index is 12.4. The summed E-state index contributed by atoms with van der Waals surface area (Å²) in [5, 5.41) is 10.8. The average molecular weight is 349 g/mol. The van der Waals surface area contributed by atoms with Crippen LogP contribution in [-0.2, 0) is 9.59 Å². The Hall–Kier alpha value is -1.86. The van der Waals surface area contributed by atoms with E-state index in [0.29, 0.717) is 5.56 Å². The summed E-state index contributed by atoms with van der Waals surface area (Å²) in [6.45, 7) is 1.39. The SMILES string of the molecule is CC(=O)C(C(=O)/C=C/c1cccc([N+](=O)[O-])c1)=C1SCCCS1. The van der Waals surface area contributed by atoms with Gasteiger partial charge in [0.2, 0.25) is 0 Å². The van der Waals surface area contributed by atoms with Gasteiger partial charge in [-0.1, -0.05) is 18.2 Å². The van der Waals surface area contributed by atoms with Gasteiger partial charge in [0, 0.05) is 12.1 Å². The molecule has 0 unspecified atom stereocenters. The molecule has 2 rings (SSSR count). The van der Waals surface area contributed by atoms with E-state index in [1.54, 1.807) is 12.1 Å². The van der Waals surface area contributed by atoms with Gasteiger partial charge in [-0.25, -0.2) is 0 Å². The fourth-order valence-electron chi connectivity index (χ4n) is 1.99. The van der Waals surface area contributed by atoms with Crippen LogP contribution < -0.4 is 0 Å². The van der Waals surface area contributed by atoms with Crippen molar-refractivity contribution in [2.75, 3.05) is 11.5 Å². The van der Waals surface area contributed by atoms with E-state index < -0.39 is 4.92 Å². The number of carbonyl (C=O) groups excluding carboxylic acids is 2. The van der Waals surface area contributed by atoms with Crippen LogP contribution in [0, 0.1) is 10.1 Å². The van der Waals surface area contributed by atoms with Crippen molar-refractivity contribution in [3.63, 3.8) is 0 Å². The minimum Gasteiger partial charge on any atom is -0.294 e. The largest absolute Gasteiger partial charge is 0.294 e. The number of non-ortho nitro benzene ring substituents is 1. The molecule has 7 heteroatoms. The van der Waals surface area contributed by atoms with Gasteiger partial charge in [0.25, 0.3) is 5.69 Å². The van der Waals surface area contributed by atoms with Crippen molar-refractivity contribution in [2.24, 2.45) is 0 Å². The van der Waals surface area contributed by atoms with Crippen LogP contribution in [0.4, 0.5) is 5.69 Å². The van der Waals surface area contributed by atoms with Crippen LogP contribution >= 0.6 is 23.5 Å². The predicted octanol–water partition coefficient (Wildman–Crippen LogP) is 3.85. The lowest BCUT2D eigenvalue weighted by atomic mass is 10.1. The topological polar surface area (TPSA) is 77.3 Å². The lowest BCUT2D eigenvalue weighted by molar-refractivity contribution is -0.384. The molecule has 0 bridgehead atoms. The van der Waals surface area contributed by atoms with E-state index in [2.05, 4.69) is 0 Å². The van der Waals surface area contributed by atoms with E-state index in [1.165, 1.54) is 54.7 Å². The highest BCUT2D eigenvalue weighted by Gasteiger charge is 2.20. The Kier molecular flexibility index (Phi) is 6.18. The number of nitrogens with zero attached hydrogens (tertiary/aromatic N) is 1. The normalized spacial score (nSPS) is 14.7. The molecule has 1 aliphatic rings. The van der Waals surface area contributed by atoms with Crippen molar-refractivity contribution in [1.82, 2.24) is 0 Å². The first-order chi connectivity index (χ1) is 11.0. The van der Waals surface area contributed by atoms with Crippen molar-refractivity contribution in [3.8, 4) is 0 Å². The van der Waals surface area contributed by atoms with E-state index >= 15 is 0 Å². The standard InChI is InChI=1S/C16H15NO4S2/c1-11(18)15(16-22-8-3-9-23-16)14(19)7-6-12-4-2-5-13(10-12)17(20)21/h2,4-7,10H,3,8-9H2,1H3/b7-6+. The number of rotatable bonds is 5. The molecule has 0 aromatic heterocycles.